The molecule has 0 bridgehead atoms. The van der Waals surface area contributed by atoms with Gasteiger partial charge in [-0.1, -0.05) is 0 Å². The van der Waals surface area contributed by atoms with Crippen LogP contribution in [0, 0.1) is 23.0 Å². The molecule has 0 saturated heterocycles. The van der Waals surface area contributed by atoms with Crippen molar-refractivity contribution in [3.05, 3.63) is 58.7 Å². The first-order valence-electron chi connectivity index (χ1n) is 6.76. The number of Topliss-reactive ketones (excluding diaryl/α,β-unsaturated/α-hetero) is 1. The highest BCUT2D eigenvalue weighted by atomic mass is 32.2. The number of amides is 1. The van der Waals surface area contributed by atoms with Crippen molar-refractivity contribution in [2.45, 2.75) is 11.8 Å². The van der Waals surface area contributed by atoms with Gasteiger partial charge in [-0.05, 0) is 37.4 Å². The average molecular weight is 346 g/mol. The number of thioether (sulfide) groups is 1. The van der Waals surface area contributed by atoms with E-state index in [0.29, 0.717) is 11.0 Å². The van der Waals surface area contributed by atoms with Gasteiger partial charge in [-0.15, -0.1) is 11.8 Å². The van der Waals surface area contributed by atoms with Gasteiger partial charge in [0.05, 0.1) is 28.4 Å². The van der Waals surface area contributed by atoms with Crippen LogP contribution in [0.5, 0.6) is 0 Å². The molecule has 1 N–H and O–H groups in total. The molecule has 0 unspecified atom stereocenters. The van der Waals surface area contributed by atoms with E-state index in [2.05, 4.69) is 5.32 Å². The Labute approximate surface area is 141 Å². The lowest BCUT2D eigenvalue weighted by Crippen LogP contribution is -2.16. The summed E-state index contributed by atoms with van der Waals surface area (Å²) in [6.07, 6.45) is 1.75. The topological polar surface area (TPSA) is 70.0 Å². The monoisotopic (exact) mass is 346 g/mol. The maximum absolute atomic E-state index is 13.8. The molecule has 7 heteroatoms. The van der Waals surface area contributed by atoms with Gasteiger partial charge in [0.25, 0.3) is 5.91 Å². The summed E-state index contributed by atoms with van der Waals surface area (Å²) < 4.78 is 27.3. The Balaban J connectivity index is 2.48. The molecule has 0 saturated carbocycles. The van der Waals surface area contributed by atoms with E-state index in [1.165, 1.54) is 17.8 Å². The third-order valence-electron chi connectivity index (χ3n) is 3.23. The van der Waals surface area contributed by atoms with Crippen molar-refractivity contribution in [3.8, 4) is 6.07 Å². The van der Waals surface area contributed by atoms with E-state index < -0.39 is 28.9 Å². The number of nitrogens with zero attached hydrogens (tertiary/aromatic N) is 1. The Morgan fingerprint density at radius 2 is 1.92 bits per heavy atom. The first-order valence-corrected chi connectivity index (χ1v) is 7.99. The molecule has 1 amide bonds. The number of anilines is 1. The smallest absolute Gasteiger partial charge is 0.256 e. The maximum Gasteiger partial charge on any atom is 0.256 e. The van der Waals surface area contributed by atoms with Crippen LogP contribution in [0.3, 0.4) is 0 Å². The summed E-state index contributed by atoms with van der Waals surface area (Å²) in [5.74, 6) is -3.26. The van der Waals surface area contributed by atoms with Crippen LogP contribution in [0.2, 0.25) is 0 Å². The van der Waals surface area contributed by atoms with Crippen LogP contribution in [0.25, 0.3) is 0 Å². The van der Waals surface area contributed by atoms with Crippen LogP contribution >= 0.6 is 11.8 Å². The standard InChI is InChI=1S/C17H12F2N2O2S/c1-9(22)16-13(19)6-11(18)7-14(16)21-17(23)12-5-10(8-20)3-4-15(12)24-2/h3-7H,1-2H3,(H,21,23). The fraction of sp³-hybridized carbons (Fsp3) is 0.118. The highest BCUT2D eigenvalue weighted by molar-refractivity contribution is 7.98. The molecule has 0 heterocycles. The first kappa shape index (κ1) is 17.6. The molecule has 2 rings (SSSR count). The SMILES string of the molecule is CSc1ccc(C#N)cc1C(=O)Nc1cc(F)cc(F)c1C(C)=O. The zero-order valence-corrected chi connectivity index (χ0v) is 13.6. The first-order chi connectivity index (χ1) is 11.4. The van der Waals surface area contributed by atoms with Crippen molar-refractivity contribution < 1.29 is 18.4 Å². The van der Waals surface area contributed by atoms with Crippen LogP contribution in [0.15, 0.2) is 35.2 Å². The number of carbonyl (C=O) groups is 2. The molecule has 0 aliphatic rings. The van der Waals surface area contributed by atoms with Crippen molar-refractivity contribution >= 4 is 29.1 Å². The number of benzene rings is 2. The van der Waals surface area contributed by atoms with Gasteiger partial charge in [0.1, 0.15) is 11.6 Å². The Kier molecular flexibility index (Phi) is 5.31. The minimum Gasteiger partial charge on any atom is -0.321 e. The fourth-order valence-electron chi connectivity index (χ4n) is 2.17. The number of halogens is 2. The van der Waals surface area contributed by atoms with Crippen molar-refractivity contribution in [1.29, 1.82) is 5.26 Å². The quantitative estimate of drug-likeness (QED) is 0.671. The van der Waals surface area contributed by atoms with Crippen molar-refractivity contribution in [2.75, 3.05) is 11.6 Å². The van der Waals surface area contributed by atoms with E-state index in [4.69, 9.17) is 5.26 Å². The van der Waals surface area contributed by atoms with E-state index in [0.717, 1.165) is 13.0 Å². The average Bonchev–Trinajstić information content (AvgIpc) is 2.52. The summed E-state index contributed by atoms with van der Waals surface area (Å²) >= 11 is 1.28. The van der Waals surface area contributed by atoms with Crippen molar-refractivity contribution in [3.63, 3.8) is 0 Å². The normalized spacial score (nSPS) is 10.1. The van der Waals surface area contributed by atoms with E-state index in [-0.39, 0.29) is 16.8 Å². The predicted octanol–water partition coefficient (Wildman–Crippen LogP) is 4.01. The Bertz CT molecular complexity index is 876. The van der Waals surface area contributed by atoms with Gasteiger partial charge >= 0.3 is 0 Å². The molecule has 0 radical (unpaired) electrons. The summed E-state index contributed by atoms with van der Waals surface area (Å²) in [4.78, 5) is 24.6. The molecule has 0 spiro atoms. The number of rotatable bonds is 4. The predicted molar refractivity (Wildman–Crippen MR) is 87.3 cm³/mol. The van der Waals surface area contributed by atoms with Crippen molar-refractivity contribution in [2.24, 2.45) is 0 Å². The van der Waals surface area contributed by atoms with Gasteiger partial charge in [0.2, 0.25) is 0 Å². The lowest BCUT2D eigenvalue weighted by Gasteiger charge is -2.12. The van der Waals surface area contributed by atoms with E-state index in [1.807, 2.05) is 6.07 Å². The van der Waals surface area contributed by atoms with Crippen LogP contribution in [-0.4, -0.2) is 17.9 Å². The second-order valence-electron chi connectivity index (χ2n) is 4.85. The molecule has 122 valence electrons. The Hall–Kier alpha value is -2.72. The van der Waals surface area contributed by atoms with Crippen LogP contribution < -0.4 is 5.32 Å². The van der Waals surface area contributed by atoms with Gasteiger partial charge in [-0.25, -0.2) is 8.78 Å². The number of nitriles is 1. The van der Waals surface area contributed by atoms with Gasteiger partial charge in [-0.2, -0.15) is 5.26 Å². The summed E-state index contributed by atoms with van der Waals surface area (Å²) in [7, 11) is 0. The molecule has 0 aliphatic heterocycles. The number of ketones is 1. The lowest BCUT2D eigenvalue weighted by atomic mass is 10.1. The number of hydrogen-bond acceptors (Lipinski definition) is 4. The highest BCUT2D eigenvalue weighted by Crippen LogP contribution is 2.26. The Morgan fingerprint density at radius 1 is 1.21 bits per heavy atom. The minimum atomic E-state index is -1.05. The molecule has 0 aliphatic carbocycles. The van der Waals surface area contributed by atoms with Gasteiger partial charge < -0.3 is 5.32 Å². The summed E-state index contributed by atoms with van der Waals surface area (Å²) in [5, 5.41) is 11.3. The molecule has 24 heavy (non-hydrogen) atoms. The minimum absolute atomic E-state index is 0.181. The second kappa shape index (κ2) is 7.23. The van der Waals surface area contributed by atoms with Gasteiger partial charge in [0, 0.05) is 11.0 Å². The summed E-state index contributed by atoms with van der Waals surface area (Å²) in [5.41, 5.74) is -0.192. The molecule has 0 fully saturated rings. The second-order valence-corrected chi connectivity index (χ2v) is 5.70. The molecule has 4 nitrogen and oxygen atoms in total. The van der Waals surface area contributed by atoms with Gasteiger partial charge in [0.15, 0.2) is 5.78 Å². The van der Waals surface area contributed by atoms with Crippen molar-refractivity contribution in [1.82, 2.24) is 0 Å². The maximum atomic E-state index is 13.8. The summed E-state index contributed by atoms with van der Waals surface area (Å²) in [6, 6.07) is 7.93. The molecule has 0 atom stereocenters. The highest BCUT2D eigenvalue weighted by Gasteiger charge is 2.19. The molecule has 2 aromatic carbocycles. The van der Waals surface area contributed by atoms with E-state index in [9.17, 15) is 18.4 Å². The zero-order valence-electron chi connectivity index (χ0n) is 12.8. The zero-order chi connectivity index (χ0) is 17.9. The summed E-state index contributed by atoms with van der Waals surface area (Å²) in [6.45, 7) is 1.12. The number of hydrogen-bond donors (Lipinski definition) is 1. The molecular weight excluding hydrogens is 334 g/mol. The van der Waals surface area contributed by atoms with E-state index in [1.54, 1.807) is 18.4 Å². The van der Waals surface area contributed by atoms with E-state index >= 15 is 0 Å². The van der Waals surface area contributed by atoms with Crippen LogP contribution in [-0.2, 0) is 0 Å². The molecule has 2 aromatic rings. The van der Waals surface area contributed by atoms with Gasteiger partial charge in [-0.3, -0.25) is 9.59 Å². The molecule has 0 aromatic heterocycles. The third kappa shape index (κ3) is 3.60. The number of nitrogens with one attached hydrogen (secondary N) is 1. The third-order valence-corrected chi connectivity index (χ3v) is 4.02. The van der Waals surface area contributed by atoms with Crippen LogP contribution in [0.1, 0.15) is 33.2 Å². The number of carbonyl (C=O) groups excluding carboxylic acids is 2. The van der Waals surface area contributed by atoms with Crippen LogP contribution in [0.4, 0.5) is 14.5 Å². The molecular formula is C17H12F2N2O2S. The fourth-order valence-corrected chi connectivity index (χ4v) is 2.75. The Morgan fingerprint density at radius 3 is 2.50 bits per heavy atom. The lowest BCUT2D eigenvalue weighted by molar-refractivity contribution is 0.101. The largest absolute Gasteiger partial charge is 0.321 e.